The van der Waals surface area contributed by atoms with Crippen molar-refractivity contribution in [3.63, 3.8) is 0 Å². The van der Waals surface area contributed by atoms with Gasteiger partial charge in [-0.25, -0.2) is 0 Å². The maximum atomic E-state index is 13.1. The zero-order valence-corrected chi connectivity index (χ0v) is 13.6. The average molecular weight is 355 g/mol. The third kappa shape index (κ3) is 3.96. The zero-order valence-electron chi connectivity index (χ0n) is 13.6. The van der Waals surface area contributed by atoms with Crippen LogP contribution in [0.2, 0.25) is 0 Å². The van der Waals surface area contributed by atoms with Crippen LogP contribution in [0.25, 0.3) is 0 Å². The van der Waals surface area contributed by atoms with E-state index in [1.165, 1.54) is 12.1 Å². The summed E-state index contributed by atoms with van der Waals surface area (Å²) in [6, 6.07) is 5.21. The van der Waals surface area contributed by atoms with Gasteiger partial charge in [0.2, 0.25) is 5.91 Å². The number of halogens is 3. The maximum absolute atomic E-state index is 13.1. The molecule has 1 amide bonds. The Labute approximate surface area is 143 Å². The van der Waals surface area contributed by atoms with E-state index < -0.39 is 23.6 Å². The van der Waals surface area contributed by atoms with E-state index in [1.807, 2.05) is 0 Å². The molecular formula is C18H20F3NO3. The summed E-state index contributed by atoms with van der Waals surface area (Å²) in [7, 11) is 0. The highest BCUT2D eigenvalue weighted by Crippen LogP contribution is 2.46. The molecule has 2 fully saturated rings. The quantitative estimate of drug-likeness (QED) is 0.868. The minimum Gasteiger partial charge on any atom is -0.481 e. The number of carboxylic acids is 1. The largest absolute Gasteiger partial charge is 0.481 e. The van der Waals surface area contributed by atoms with Crippen LogP contribution in [0, 0.1) is 11.8 Å². The van der Waals surface area contributed by atoms with Gasteiger partial charge in [-0.2, -0.15) is 13.2 Å². The molecule has 0 heterocycles. The van der Waals surface area contributed by atoms with E-state index in [-0.39, 0.29) is 29.3 Å². The lowest BCUT2D eigenvalue weighted by molar-refractivity contribution is -0.144. The van der Waals surface area contributed by atoms with Gasteiger partial charge < -0.3 is 10.4 Å². The van der Waals surface area contributed by atoms with Gasteiger partial charge in [-0.1, -0.05) is 18.2 Å². The van der Waals surface area contributed by atoms with E-state index in [0.717, 1.165) is 6.07 Å². The van der Waals surface area contributed by atoms with E-state index in [0.29, 0.717) is 32.1 Å². The fourth-order valence-electron chi connectivity index (χ4n) is 3.68. The number of hydrogen-bond acceptors (Lipinski definition) is 2. The Bertz CT molecular complexity index is 666. The normalized spacial score (nSPS) is 29.1. The van der Waals surface area contributed by atoms with Gasteiger partial charge in [0.1, 0.15) is 0 Å². The first kappa shape index (κ1) is 17.8. The Kier molecular flexibility index (Phi) is 4.75. The third-order valence-electron chi connectivity index (χ3n) is 5.23. The van der Waals surface area contributed by atoms with E-state index in [4.69, 9.17) is 5.11 Å². The van der Waals surface area contributed by atoms with E-state index in [2.05, 4.69) is 5.32 Å². The lowest BCUT2D eigenvalue weighted by Crippen LogP contribution is -2.36. The van der Waals surface area contributed by atoms with Crippen molar-refractivity contribution in [2.75, 3.05) is 0 Å². The SMILES string of the molecule is O=C(O)C1CCC(C(=O)NC2CC2c2ccccc2C(F)(F)F)CC1. The Hall–Kier alpha value is -2.05. The molecule has 0 saturated heterocycles. The monoisotopic (exact) mass is 355 g/mol. The van der Waals surface area contributed by atoms with Gasteiger partial charge in [0.25, 0.3) is 0 Å². The summed E-state index contributed by atoms with van der Waals surface area (Å²) in [6.07, 6.45) is -1.93. The summed E-state index contributed by atoms with van der Waals surface area (Å²) in [4.78, 5) is 23.2. The smallest absolute Gasteiger partial charge is 0.416 e. The number of amides is 1. The van der Waals surface area contributed by atoms with Crippen molar-refractivity contribution in [1.82, 2.24) is 5.32 Å². The highest BCUT2D eigenvalue weighted by molar-refractivity contribution is 5.80. The van der Waals surface area contributed by atoms with Crippen LogP contribution in [0.3, 0.4) is 0 Å². The van der Waals surface area contributed by atoms with E-state index in [9.17, 15) is 22.8 Å². The van der Waals surface area contributed by atoms with Crippen molar-refractivity contribution >= 4 is 11.9 Å². The zero-order chi connectivity index (χ0) is 18.2. The molecule has 1 aromatic carbocycles. The summed E-state index contributed by atoms with van der Waals surface area (Å²) in [5, 5.41) is 11.8. The number of hydrogen-bond donors (Lipinski definition) is 2. The van der Waals surface area contributed by atoms with Crippen LogP contribution in [0.4, 0.5) is 13.2 Å². The minimum atomic E-state index is -4.40. The molecule has 0 aromatic heterocycles. The van der Waals surface area contributed by atoms with Gasteiger partial charge >= 0.3 is 12.1 Å². The van der Waals surface area contributed by atoms with Crippen LogP contribution in [0.15, 0.2) is 24.3 Å². The second-order valence-electron chi connectivity index (χ2n) is 6.93. The van der Waals surface area contributed by atoms with Crippen LogP contribution in [0.1, 0.15) is 49.1 Å². The molecule has 3 rings (SSSR count). The number of alkyl halides is 3. The lowest BCUT2D eigenvalue weighted by Gasteiger charge is -2.25. The van der Waals surface area contributed by atoms with Crippen molar-refractivity contribution in [2.24, 2.45) is 11.8 Å². The van der Waals surface area contributed by atoms with Gasteiger partial charge in [0, 0.05) is 17.9 Å². The van der Waals surface area contributed by atoms with Gasteiger partial charge in [0.05, 0.1) is 11.5 Å². The molecule has 2 N–H and O–H groups in total. The van der Waals surface area contributed by atoms with Crippen molar-refractivity contribution < 1.29 is 27.9 Å². The van der Waals surface area contributed by atoms with Gasteiger partial charge in [-0.15, -0.1) is 0 Å². The third-order valence-corrected chi connectivity index (χ3v) is 5.23. The molecule has 0 radical (unpaired) electrons. The molecule has 25 heavy (non-hydrogen) atoms. The first-order valence-corrected chi connectivity index (χ1v) is 8.46. The Morgan fingerprint density at radius 3 is 2.24 bits per heavy atom. The Balaban J connectivity index is 1.57. The fourth-order valence-corrected chi connectivity index (χ4v) is 3.68. The number of rotatable bonds is 4. The van der Waals surface area contributed by atoms with Crippen LogP contribution in [0.5, 0.6) is 0 Å². The highest BCUT2D eigenvalue weighted by Gasteiger charge is 2.45. The molecule has 0 spiro atoms. The van der Waals surface area contributed by atoms with Crippen LogP contribution in [-0.4, -0.2) is 23.0 Å². The molecule has 4 nitrogen and oxygen atoms in total. The van der Waals surface area contributed by atoms with Crippen LogP contribution >= 0.6 is 0 Å². The number of carbonyl (C=O) groups excluding carboxylic acids is 1. The molecular weight excluding hydrogens is 335 g/mol. The van der Waals surface area contributed by atoms with Crippen molar-refractivity contribution in [2.45, 2.75) is 50.2 Å². The van der Waals surface area contributed by atoms with Crippen LogP contribution < -0.4 is 5.32 Å². The first-order chi connectivity index (χ1) is 11.8. The Morgan fingerprint density at radius 1 is 1.04 bits per heavy atom. The lowest BCUT2D eigenvalue weighted by atomic mass is 9.81. The van der Waals surface area contributed by atoms with Crippen molar-refractivity contribution in [3.8, 4) is 0 Å². The first-order valence-electron chi connectivity index (χ1n) is 8.46. The molecule has 2 saturated carbocycles. The molecule has 1 aromatic rings. The van der Waals surface area contributed by atoms with Crippen LogP contribution in [-0.2, 0) is 15.8 Å². The van der Waals surface area contributed by atoms with Gasteiger partial charge in [-0.3, -0.25) is 9.59 Å². The molecule has 2 aliphatic rings. The minimum absolute atomic E-state index is 0.166. The highest BCUT2D eigenvalue weighted by atomic mass is 19.4. The molecule has 2 aliphatic carbocycles. The van der Waals surface area contributed by atoms with Gasteiger partial charge in [0.15, 0.2) is 0 Å². The maximum Gasteiger partial charge on any atom is 0.416 e. The topological polar surface area (TPSA) is 66.4 Å². The fraction of sp³-hybridized carbons (Fsp3) is 0.556. The molecule has 7 heteroatoms. The van der Waals surface area contributed by atoms with E-state index >= 15 is 0 Å². The number of carboxylic acid groups (broad SMARTS) is 1. The number of nitrogens with one attached hydrogen (secondary N) is 1. The standard InChI is InChI=1S/C18H20F3NO3/c19-18(20,21)14-4-2-1-3-12(14)13-9-15(13)22-16(23)10-5-7-11(8-6-10)17(24)25/h1-4,10-11,13,15H,5-9H2,(H,22,23)(H,24,25). The van der Waals surface area contributed by atoms with E-state index in [1.54, 1.807) is 6.07 Å². The van der Waals surface area contributed by atoms with Crippen molar-refractivity contribution in [3.05, 3.63) is 35.4 Å². The predicted molar refractivity (Wildman–Crippen MR) is 83.8 cm³/mol. The van der Waals surface area contributed by atoms with Gasteiger partial charge in [-0.05, 0) is 43.7 Å². The van der Waals surface area contributed by atoms with Crippen molar-refractivity contribution in [1.29, 1.82) is 0 Å². The molecule has 0 aliphatic heterocycles. The molecule has 2 atom stereocenters. The number of aliphatic carboxylic acids is 1. The summed E-state index contributed by atoms with van der Waals surface area (Å²) in [6.45, 7) is 0. The molecule has 2 unspecified atom stereocenters. The predicted octanol–water partition coefficient (Wildman–Crippen LogP) is 3.57. The summed E-state index contributed by atoms with van der Waals surface area (Å²) < 4.78 is 39.3. The summed E-state index contributed by atoms with van der Waals surface area (Å²) >= 11 is 0. The number of benzene rings is 1. The second-order valence-corrected chi connectivity index (χ2v) is 6.93. The Morgan fingerprint density at radius 2 is 1.64 bits per heavy atom. The molecule has 0 bridgehead atoms. The number of carbonyl (C=O) groups is 2. The summed E-state index contributed by atoms with van der Waals surface area (Å²) in [5.74, 6) is -1.94. The molecule has 136 valence electrons. The average Bonchev–Trinajstić information content (AvgIpc) is 3.33. The summed E-state index contributed by atoms with van der Waals surface area (Å²) in [5.41, 5.74) is -0.409. The second kappa shape index (κ2) is 6.69.